The predicted molar refractivity (Wildman–Crippen MR) is 106 cm³/mol. The number of benzene rings is 2. The molecule has 1 saturated carbocycles. The molecule has 1 aliphatic rings. The first-order valence-corrected chi connectivity index (χ1v) is 10.5. The maximum Gasteiger partial charge on any atom is 0.251 e. The van der Waals surface area contributed by atoms with Gasteiger partial charge in [0.15, 0.2) is 0 Å². The lowest BCUT2D eigenvalue weighted by Crippen LogP contribution is -2.28. The highest BCUT2D eigenvalue weighted by atomic mass is 32.2. The van der Waals surface area contributed by atoms with E-state index in [1.807, 2.05) is 13.0 Å². The van der Waals surface area contributed by atoms with E-state index in [9.17, 15) is 18.0 Å². The van der Waals surface area contributed by atoms with Gasteiger partial charge in [-0.25, -0.2) is 13.1 Å². The smallest absolute Gasteiger partial charge is 0.251 e. The average Bonchev–Trinajstić information content (AvgIpc) is 3.44. The van der Waals surface area contributed by atoms with Crippen LogP contribution in [0.2, 0.25) is 0 Å². The summed E-state index contributed by atoms with van der Waals surface area (Å²) < 4.78 is 27.3. The van der Waals surface area contributed by atoms with Crippen molar-refractivity contribution in [3.63, 3.8) is 0 Å². The molecule has 1 atom stereocenters. The molecule has 1 unspecified atom stereocenters. The van der Waals surface area contributed by atoms with E-state index in [2.05, 4.69) is 15.4 Å². The minimum absolute atomic E-state index is 0.00149. The summed E-state index contributed by atoms with van der Waals surface area (Å²) in [5, 5.41) is 5.56. The minimum Gasteiger partial charge on any atom is -0.346 e. The van der Waals surface area contributed by atoms with Crippen LogP contribution in [0.3, 0.4) is 0 Å². The van der Waals surface area contributed by atoms with Gasteiger partial charge in [0.1, 0.15) is 0 Å². The van der Waals surface area contributed by atoms with Crippen molar-refractivity contribution in [1.82, 2.24) is 10.0 Å². The quantitative estimate of drug-likeness (QED) is 0.663. The van der Waals surface area contributed by atoms with Crippen molar-refractivity contribution in [2.75, 3.05) is 5.32 Å². The van der Waals surface area contributed by atoms with Gasteiger partial charge >= 0.3 is 0 Å². The molecule has 0 aliphatic heterocycles. The molecule has 3 rings (SSSR count). The molecule has 2 aromatic rings. The van der Waals surface area contributed by atoms with Crippen LogP contribution in [-0.4, -0.2) is 26.3 Å². The first kappa shape index (κ1) is 20.0. The summed E-state index contributed by atoms with van der Waals surface area (Å²) in [7, 11) is -3.62. The summed E-state index contributed by atoms with van der Waals surface area (Å²) in [4.78, 5) is 23.9. The van der Waals surface area contributed by atoms with Gasteiger partial charge in [0, 0.05) is 24.2 Å². The van der Waals surface area contributed by atoms with Crippen molar-refractivity contribution in [2.45, 2.75) is 43.7 Å². The van der Waals surface area contributed by atoms with Crippen LogP contribution in [0, 0.1) is 0 Å². The zero-order chi connectivity index (χ0) is 20.3. The van der Waals surface area contributed by atoms with E-state index in [-0.39, 0.29) is 34.4 Å². The molecule has 0 bridgehead atoms. The van der Waals surface area contributed by atoms with Gasteiger partial charge < -0.3 is 10.6 Å². The van der Waals surface area contributed by atoms with Crippen molar-refractivity contribution in [3.8, 4) is 0 Å². The Labute approximate surface area is 164 Å². The zero-order valence-corrected chi connectivity index (χ0v) is 16.5. The first-order valence-electron chi connectivity index (χ1n) is 9.05. The Morgan fingerprint density at radius 2 is 1.79 bits per heavy atom. The third-order valence-electron chi connectivity index (χ3n) is 4.36. The molecule has 2 aromatic carbocycles. The van der Waals surface area contributed by atoms with E-state index in [0.29, 0.717) is 5.69 Å². The zero-order valence-electron chi connectivity index (χ0n) is 15.7. The second-order valence-corrected chi connectivity index (χ2v) is 8.64. The summed E-state index contributed by atoms with van der Waals surface area (Å²) in [6.45, 7) is 3.25. The molecule has 1 fully saturated rings. The monoisotopic (exact) mass is 401 g/mol. The Kier molecular flexibility index (Phi) is 5.81. The largest absolute Gasteiger partial charge is 0.346 e. The lowest BCUT2D eigenvalue weighted by molar-refractivity contribution is -0.114. The Hall–Kier alpha value is -2.71. The van der Waals surface area contributed by atoms with E-state index in [1.165, 1.54) is 19.1 Å². The molecule has 0 spiro atoms. The number of amides is 2. The van der Waals surface area contributed by atoms with Crippen molar-refractivity contribution in [3.05, 3.63) is 59.7 Å². The minimum atomic E-state index is -3.62. The number of rotatable bonds is 7. The van der Waals surface area contributed by atoms with Gasteiger partial charge in [-0.15, -0.1) is 0 Å². The summed E-state index contributed by atoms with van der Waals surface area (Å²) in [6.07, 6.45) is 1.68. The number of anilines is 1. The van der Waals surface area contributed by atoms with Crippen molar-refractivity contribution >= 4 is 27.5 Å². The topological polar surface area (TPSA) is 104 Å². The Balaban J connectivity index is 1.72. The molecule has 0 aromatic heterocycles. The van der Waals surface area contributed by atoms with Crippen LogP contribution in [0.15, 0.2) is 53.4 Å². The third-order valence-corrected chi connectivity index (χ3v) is 5.88. The standard InChI is InChI=1S/C20H23N3O4S/c1-13(15-5-3-7-18(11-15)22-14(2)24)21-20(25)16-6-4-8-19(12-16)28(26,27)23-17-9-10-17/h3-8,11-13,17,23H,9-10H2,1-2H3,(H,21,25)(H,22,24). The number of sulfonamides is 1. The molecule has 7 nitrogen and oxygen atoms in total. The van der Waals surface area contributed by atoms with Crippen LogP contribution >= 0.6 is 0 Å². The maximum atomic E-state index is 12.6. The highest BCUT2D eigenvalue weighted by Gasteiger charge is 2.28. The molecule has 8 heteroatoms. The fourth-order valence-electron chi connectivity index (χ4n) is 2.75. The number of carbonyl (C=O) groups is 2. The Morgan fingerprint density at radius 1 is 1.07 bits per heavy atom. The van der Waals surface area contributed by atoms with Crippen LogP contribution in [-0.2, 0) is 14.8 Å². The summed E-state index contributed by atoms with van der Waals surface area (Å²) in [6, 6.07) is 12.8. The van der Waals surface area contributed by atoms with Crippen molar-refractivity contribution in [1.29, 1.82) is 0 Å². The Bertz CT molecular complexity index is 1000. The summed E-state index contributed by atoms with van der Waals surface area (Å²) in [5.74, 6) is -0.549. The van der Waals surface area contributed by atoms with E-state index in [4.69, 9.17) is 0 Å². The molecule has 0 radical (unpaired) electrons. The van der Waals surface area contributed by atoms with Crippen molar-refractivity contribution < 1.29 is 18.0 Å². The van der Waals surface area contributed by atoms with E-state index >= 15 is 0 Å². The molecule has 0 heterocycles. The number of hydrogen-bond donors (Lipinski definition) is 3. The summed E-state index contributed by atoms with van der Waals surface area (Å²) >= 11 is 0. The molecular formula is C20H23N3O4S. The van der Waals surface area contributed by atoms with Crippen LogP contribution in [0.4, 0.5) is 5.69 Å². The van der Waals surface area contributed by atoms with Gasteiger partial charge in [-0.3, -0.25) is 9.59 Å². The molecule has 1 aliphatic carbocycles. The number of nitrogens with one attached hydrogen (secondary N) is 3. The molecule has 148 valence electrons. The number of hydrogen-bond acceptors (Lipinski definition) is 4. The molecule has 3 N–H and O–H groups in total. The van der Waals surface area contributed by atoms with Crippen molar-refractivity contribution in [2.24, 2.45) is 0 Å². The van der Waals surface area contributed by atoms with Gasteiger partial charge in [-0.1, -0.05) is 18.2 Å². The van der Waals surface area contributed by atoms with Crippen LogP contribution in [0.25, 0.3) is 0 Å². The lowest BCUT2D eigenvalue weighted by Gasteiger charge is -2.16. The average molecular weight is 401 g/mol. The van der Waals surface area contributed by atoms with Crippen LogP contribution in [0.5, 0.6) is 0 Å². The highest BCUT2D eigenvalue weighted by molar-refractivity contribution is 7.89. The van der Waals surface area contributed by atoms with Gasteiger partial charge in [0.2, 0.25) is 15.9 Å². The second kappa shape index (κ2) is 8.12. The fraction of sp³-hybridized carbons (Fsp3) is 0.300. The van der Waals surface area contributed by atoms with Gasteiger partial charge in [0.25, 0.3) is 5.91 Å². The van der Waals surface area contributed by atoms with E-state index < -0.39 is 10.0 Å². The SMILES string of the molecule is CC(=O)Nc1cccc(C(C)NC(=O)c2cccc(S(=O)(=O)NC3CC3)c2)c1. The molecular weight excluding hydrogens is 378 g/mol. The highest BCUT2D eigenvalue weighted by Crippen LogP contribution is 2.23. The molecule has 28 heavy (non-hydrogen) atoms. The van der Waals surface area contributed by atoms with E-state index in [0.717, 1.165) is 18.4 Å². The first-order chi connectivity index (χ1) is 13.2. The fourth-order valence-corrected chi connectivity index (χ4v) is 4.10. The predicted octanol–water partition coefficient (Wildman–Crippen LogP) is 2.58. The normalized spacial score (nSPS) is 14.9. The van der Waals surface area contributed by atoms with Gasteiger partial charge in [0.05, 0.1) is 10.9 Å². The Morgan fingerprint density at radius 3 is 2.46 bits per heavy atom. The van der Waals surface area contributed by atoms with E-state index in [1.54, 1.807) is 30.3 Å². The summed E-state index contributed by atoms with van der Waals surface area (Å²) in [5.41, 5.74) is 1.73. The third kappa shape index (κ3) is 5.17. The van der Waals surface area contributed by atoms with Gasteiger partial charge in [-0.2, -0.15) is 0 Å². The molecule has 2 amide bonds. The maximum absolute atomic E-state index is 12.6. The van der Waals surface area contributed by atoms with Gasteiger partial charge in [-0.05, 0) is 55.7 Å². The molecule has 0 saturated heterocycles. The van der Waals surface area contributed by atoms with Crippen LogP contribution in [0.1, 0.15) is 48.7 Å². The number of carbonyl (C=O) groups excluding carboxylic acids is 2. The van der Waals surface area contributed by atoms with Crippen LogP contribution < -0.4 is 15.4 Å². The lowest BCUT2D eigenvalue weighted by atomic mass is 10.1. The second-order valence-electron chi connectivity index (χ2n) is 6.93.